The van der Waals surface area contributed by atoms with Crippen LogP contribution in [0.2, 0.25) is 0 Å². The predicted octanol–water partition coefficient (Wildman–Crippen LogP) is 1.05. The molecule has 0 fully saturated rings. The fourth-order valence-corrected chi connectivity index (χ4v) is 1.19. The van der Waals surface area contributed by atoms with Crippen LogP contribution < -0.4 is 0 Å². The molecule has 9 heavy (non-hydrogen) atoms. The van der Waals surface area contributed by atoms with Gasteiger partial charge in [-0.2, -0.15) is 0 Å². The normalized spacial score (nSPS) is 30.2. The van der Waals surface area contributed by atoms with Crippen molar-refractivity contribution in [2.45, 2.75) is 6.42 Å². The second kappa shape index (κ2) is 1.79. The Labute approximate surface area is 54.0 Å². The Morgan fingerprint density at radius 1 is 1.56 bits per heavy atom. The first-order valence-corrected chi connectivity index (χ1v) is 3.22. The minimum Gasteiger partial charge on any atom is -0.270 e. The molecule has 1 atom stereocenters. The molecule has 0 amide bonds. The third kappa shape index (κ3) is 0.707. The van der Waals surface area contributed by atoms with Gasteiger partial charge in [0, 0.05) is 18.7 Å². The predicted molar refractivity (Wildman–Crippen MR) is 38.0 cm³/mol. The van der Waals surface area contributed by atoms with E-state index in [-0.39, 0.29) is 0 Å². The van der Waals surface area contributed by atoms with Gasteiger partial charge in [0.25, 0.3) is 0 Å². The highest BCUT2D eigenvalue weighted by molar-refractivity contribution is 5.98. The van der Waals surface area contributed by atoms with E-state index < -0.39 is 0 Å². The monoisotopic (exact) mass is 120 g/mol. The number of hydrogen-bond donors (Lipinski definition) is 0. The largest absolute Gasteiger partial charge is 0.270 e. The van der Waals surface area contributed by atoms with Crippen LogP contribution in [0.1, 0.15) is 6.42 Å². The highest BCUT2D eigenvalue weighted by atomic mass is 14.9. The molecule has 0 bridgehead atoms. The van der Waals surface area contributed by atoms with E-state index in [1.165, 1.54) is 0 Å². The summed E-state index contributed by atoms with van der Waals surface area (Å²) in [6, 6.07) is 0. The third-order valence-corrected chi connectivity index (χ3v) is 1.68. The van der Waals surface area contributed by atoms with Crippen LogP contribution in [0, 0.1) is 5.92 Å². The van der Waals surface area contributed by atoms with Crippen molar-refractivity contribution in [2.75, 3.05) is 6.54 Å². The van der Waals surface area contributed by atoms with Crippen LogP contribution in [0.4, 0.5) is 0 Å². The maximum absolute atomic E-state index is 4.23. The summed E-state index contributed by atoms with van der Waals surface area (Å²) in [5.41, 5.74) is 0. The second-order valence-electron chi connectivity index (χ2n) is 2.30. The first-order chi connectivity index (χ1) is 4.47. The molecular weight excluding hydrogens is 112 g/mol. The first kappa shape index (κ1) is 4.91. The number of amidine groups is 1. The van der Waals surface area contributed by atoms with Crippen molar-refractivity contribution in [1.82, 2.24) is 0 Å². The Hall–Kier alpha value is -0.920. The molecule has 1 unspecified atom stereocenters. The molecule has 0 saturated heterocycles. The van der Waals surface area contributed by atoms with Crippen LogP contribution in [0.15, 0.2) is 22.1 Å². The van der Waals surface area contributed by atoms with Gasteiger partial charge in [-0.1, -0.05) is 6.08 Å². The summed E-state index contributed by atoms with van der Waals surface area (Å²) in [7, 11) is 0. The molecule has 0 aromatic rings. The highest BCUT2D eigenvalue weighted by Gasteiger charge is 2.18. The maximum Gasteiger partial charge on any atom is 0.130 e. The fraction of sp³-hybridized carbons (Fsp3) is 0.429. The van der Waals surface area contributed by atoms with Gasteiger partial charge >= 0.3 is 0 Å². The number of nitrogens with zero attached hydrogens (tertiary/aromatic N) is 2. The number of dihydropyridines is 1. The molecule has 0 aromatic heterocycles. The van der Waals surface area contributed by atoms with Gasteiger partial charge in [0.05, 0.1) is 0 Å². The summed E-state index contributed by atoms with van der Waals surface area (Å²) in [5.74, 6) is 1.56. The topological polar surface area (TPSA) is 24.7 Å². The average Bonchev–Trinajstić information content (AvgIpc) is 2.33. The van der Waals surface area contributed by atoms with Crippen molar-refractivity contribution in [2.24, 2.45) is 15.9 Å². The molecule has 46 valence electrons. The van der Waals surface area contributed by atoms with Crippen molar-refractivity contribution in [3.05, 3.63) is 12.2 Å². The molecule has 2 heterocycles. The van der Waals surface area contributed by atoms with Gasteiger partial charge in [0.15, 0.2) is 0 Å². The molecule has 0 radical (unpaired) electrons. The lowest BCUT2D eigenvalue weighted by molar-refractivity contribution is 0.814. The molecule has 2 rings (SSSR count). The number of fused-ring (bicyclic) bond motifs is 1. The molecule has 0 N–H and O–H groups in total. The van der Waals surface area contributed by atoms with Gasteiger partial charge in [-0.3, -0.25) is 4.99 Å². The van der Waals surface area contributed by atoms with Crippen molar-refractivity contribution in [1.29, 1.82) is 0 Å². The van der Waals surface area contributed by atoms with Gasteiger partial charge in [-0.15, -0.1) is 0 Å². The van der Waals surface area contributed by atoms with Crippen LogP contribution >= 0.6 is 0 Å². The summed E-state index contributed by atoms with van der Waals surface area (Å²) >= 11 is 0. The molecule has 2 aliphatic heterocycles. The van der Waals surface area contributed by atoms with E-state index >= 15 is 0 Å². The van der Waals surface area contributed by atoms with Crippen LogP contribution in [0.3, 0.4) is 0 Å². The van der Waals surface area contributed by atoms with Gasteiger partial charge in [0.2, 0.25) is 0 Å². The Morgan fingerprint density at radius 3 is 3.44 bits per heavy atom. The minimum atomic E-state index is 0.537. The van der Waals surface area contributed by atoms with E-state index in [0.29, 0.717) is 5.92 Å². The second-order valence-corrected chi connectivity index (χ2v) is 2.30. The van der Waals surface area contributed by atoms with Crippen LogP contribution in [0.25, 0.3) is 0 Å². The zero-order chi connectivity index (χ0) is 6.10. The Bertz CT molecular complexity index is 198. The molecular formula is C7H8N2. The number of rotatable bonds is 0. The van der Waals surface area contributed by atoms with Crippen LogP contribution in [0.5, 0.6) is 0 Å². The maximum atomic E-state index is 4.23. The van der Waals surface area contributed by atoms with Crippen LogP contribution in [-0.2, 0) is 0 Å². The molecule has 0 spiro atoms. The van der Waals surface area contributed by atoms with Gasteiger partial charge in [0.1, 0.15) is 5.84 Å². The SMILES string of the molecule is C1=CC2CCN=C2N=C1. The smallest absolute Gasteiger partial charge is 0.130 e. The number of allylic oxidation sites excluding steroid dienone is 1. The van der Waals surface area contributed by atoms with E-state index in [9.17, 15) is 0 Å². The third-order valence-electron chi connectivity index (χ3n) is 1.68. The lowest BCUT2D eigenvalue weighted by Gasteiger charge is -2.04. The van der Waals surface area contributed by atoms with E-state index in [1.54, 1.807) is 6.21 Å². The number of aliphatic imine (C=N–C) groups is 2. The lowest BCUT2D eigenvalue weighted by atomic mass is 10.1. The fourth-order valence-electron chi connectivity index (χ4n) is 1.19. The molecule has 0 saturated carbocycles. The van der Waals surface area contributed by atoms with Gasteiger partial charge < -0.3 is 0 Å². The summed E-state index contributed by atoms with van der Waals surface area (Å²) in [5, 5.41) is 0. The quantitative estimate of drug-likeness (QED) is 0.456. The Kier molecular flexibility index (Phi) is 0.979. The van der Waals surface area contributed by atoms with E-state index in [0.717, 1.165) is 18.8 Å². The van der Waals surface area contributed by atoms with Crippen molar-refractivity contribution in [3.63, 3.8) is 0 Å². The van der Waals surface area contributed by atoms with Crippen molar-refractivity contribution >= 4 is 12.1 Å². The van der Waals surface area contributed by atoms with Gasteiger partial charge in [-0.25, -0.2) is 4.99 Å². The first-order valence-electron chi connectivity index (χ1n) is 3.22. The Morgan fingerprint density at radius 2 is 2.56 bits per heavy atom. The summed E-state index contributed by atoms with van der Waals surface area (Å²) in [4.78, 5) is 8.35. The van der Waals surface area contributed by atoms with E-state index in [2.05, 4.69) is 16.1 Å². The molecule has 0 aromatic carbocycles. The van der Waals surface area contributed by atoms with Crippen molar-refractivity contribution < 1.29 is 0 Å². The van der Waals surface area contributed by atoms with E-state index in [4.69, 9.17) is 0 Å². The summed E-state index contributed by atoms with van der Waals surface area (Å²) < 4.78 is 0. The lowest BCUT2D eigenvalue weighted by Crippen LogP contribution is -2.06. The highest BCUT2D eigenvalue weighted by Crippen LogP contribution is 2.17. The minimum absolute atomic E-state index is 0.537. The molecule has 2 nitrogen and oxygen atoms in total. The average molecular weight is 120 g/mol. The summed E-state index contributed by atoms with van der Waals surface area (Å²) in [6.45, 7) is 0.960. The standard InChI is InChI=1S/C7H8N2/c1-2-6-3-5-9-7(6)8-4-1/h1-2,4,6H,3,5H2. The number of hydrogen-bond acceptors (Lipinski definition) is 2. The molecule has 2 heteroatoms. The van der Waals surface area contributed by atoms with Crippen molar-refractivity contribution in [3.8, 4) is 0 Å². The zero-order valence-electron chi connectivity index (χ0n) is 5.12. The molecule has 0 aliphatic carbocycles. The van der Waals surface area contributed by atoms with Gasteiger partial charge in [-0.05, 0) is 12.5 Å². The Balaban J connectivity index is 2.33. The summed E-state index contributed by atoms with van der Waals surface area (Å²) in [6.07, 6.45) is 7.12. The molecule has 2 aliphatic rings. The van der Waals surface area contributed by atoms with Crippen LogP contribution in [-0.4, -0.2) is 18.6 Å². The zero-order valence-corrected chi connectivity index (χ0v) is 5.12. The van der Waals surface area contributed by atoms with E-state index in [1.807, 2.05) is 6.08 Å².